The minimum absolute atomic E-state index is 0. The molecule has 1 unspecified atom stereocenters. The number of guanidine groups is 1. The van der Waals surface area contributed by atoms with E-state index in [9.17, 15) is 4.79 Å². The van der Waals surface area contributed by atoms with Crippen LogP contribution < -0.4 is 10.1 Å². The van der Waals surface area contributed by atoms with E-state index in [1.165, 1.54) is 5.56 Å². The number of carbonyl (C=O) groups excluding carboxylic acids is 1. The highest BCUT2D eigenvalue weighted by Crippen LogP contribution is 2.20. The summed E-state index contributed by atoms with van der Waals surface area (Å²) in [6.45, 7) is 9.24. The van der Waals surface area contributed by atoms with E-state index < -0.39 is 5.60 Å². The Balaban J connectivity index is 0.00000280. The average Bonchev–Trinajstić information content (AvgIpc) is 3.03. The van der Waals surface area contributed by atoms with Crippen molar-refractivity contribution in [3.63, 3.8) is 0 Å². The number of aliphatic imine (C=N–C) groups is 1. The molecule has 0 saturated carbocycles. The Morgan fingerprint density at radius 1 is 1.29 bits per heavy atom. The lowest BCUT2D eigenvalue weighted by Crippen LogP contribution is -2.57. The van der Waals surface area contributed by atoms with Crippen molar-refractivity contribution < 1.29 is 14.3 Å². The maximum atomic E-state index is 12.3. The monoisotopic (exact) mass is 502 g/mol. The number of rotatable bonds is 4. The summed E-state index contributed by atoms with van der Waals surface area (Å²) in [4.78, 5) is 21.0. The van der Waals surface area contributed by atoms with Crippen molar-refractivity contribution in [1.29, 1.82) is 0 Å². The van der Waals surface area contributed by atoms with Gasteiger partial charge in [-0.05, 0) is 38.8 Å². The number of ether oxygens (including phenoxy) is 2. The summed E-state index contributed by atoms with van der Waals surface area (Å²) in [5, 5.41) is 3.45. The van der Waals surface area contributed by atoms with Gasteiger partial charge in [-0.25, -0.2) is 4.79 Å². The van der Waals surface area contributed by atoms with Gasteiger partial charge in [0.05, 0.1) is 19.7 Å². The summed E-state index contributed by atoms with van der Waals surface area (Å²) in [7, 11) is 1.70. The fourth-order valence-corrected chi connectivity index (χ4v) is 3.44. The SMILES string of the molecule is COc1ccccc1CCNC1=NCC2CN(C(=O)OC(C)(C)C)CCN12.I. The lowest BCUT2D eigenvalue weighted by Gasteiger charge is -2.39. The van der Waals surface area contributed by atoms with Crippen LogP contribution in [-0.2, 0) is 11.2 Å². The molecular weight excluding hydrogens is 471 g/mol. The number of nitrogens with zero attached hydrogens (tertiary/aromatic N) is 3. The van der Waals surface area contributed by atoms with Gasteiger partial charge in [0.1, 0.15) is 11.4 Å². The molecule has 28 heavy (non-hydrogen) atoms. The maximum absolute atomic E-state index is 12.3. The van der Waals surface area contributed by atoms with E-state index in [4.69, 9.17) is 9.47 Å². The van der Waals surface area contributed by atoms with Crippen molar-refractivity contribution in [1.82, 2.24) is 15.1 Å². The van der Waals surface area contributed by atoms with E-state index in [-0.39, 0.29) is 36.1 Å². The highest BCUT2D eigenvalue weighted by molar-refractivity contribution is 14.0. The van der Waals surface area contributed by atoms with Gasteiger partial charge in [-0.1, -0.05) is 18.2 Å². The molecule has 2 aliphatic rings. The predicted octanol–water partition coefficient (Wildman–Crippen LogP) is 2.74. The molecule has 0 spiro atoms. The van der Waals surface area contributed by atoms with Crippen LogP contribution in [-0.4, -0.2) is 73.3 Å². The van der Waals surface area contributed by atoms with Crippen LogP contribution in [0, 0.1) is 0 Å². The zero-order valence-electron chi connectivity index (χ0n) is 17.1. The van der Waals surface area contributed by atoms with Crippen molar-refractivity contribution in [3.8, 4) is 5.75 Å². The fraction of sp³-hybridized carbons (Fsp3) is 0.600. The highest BCUT2D eigenvalue weighted by Gasteiger charge is 2.36. The Morgan fingerprint density at radius 2 is 2.04 bits per heavy atom. The number of piperazine rings is 1. The first-order chi connectivity index (χ1) is 12.9. The van der Waals surface area contributed by atoms with Gasteiger partial charge < -0.3 is 24.6 Å². The molecule has 156 valence electrons. The molecule has 1 N–H and O–H groups in total. The third-order valence-electron chi connectivity index (χ3n) is 4.73. The third kappa shape index (κ3) is 5.65. The number of carbonyl (C=O) groups is 1. The Bertz CT molecular complexity index is 705. The molecule has 2 aliphatic heterocycles. The summed E-state index contributed by atoms with van der Waals surface area (Å²) in [5.41, 5.74) is 0.711. The number of benzene rings is 1. The normalized spacial score (nSPS) is 18.7. The quantitative estimate of drug-likeness (QED) is 0.642. The Morgan fingerprint density at radius 3 is 2.75 bits per heavy atom. The molecule has 1 aromatic carbocycles. The molecule has 3 rings (SSSR count). The predicted molar refractivity (Wildman–Crippen MR) is 121 cm³/mol. The summed E-state index contributed by atoms with van der Waals surface area (Å²) in [6.07, 6.45) is 0.630. The summed E-state index contributed by atoms with van der Waals surface area (Å²) < 4.78 is 10.9. The molecule has 8 heteroatoms. The number of halogens is 1. The zero-order chi connectivity index (χ0) is 19.4. The molecule has 1 saturated heterocycles. The van der Waals surface area contributed by atoms with E-state index in [1.54, 1.807) is 12.0 Å². The second-order valence-corrected chi connectivity index (χ2v) is 7.93. The second kappa shape index (κ2) is 9.67. The number of methoxy groups -OCH3 is 1. The molecule has 1 aromatic rings. The van der Waals surface area contributed by atoms with Crippen molar-refractivity contribution in [2.45, 2.75) is 38.8 Å². The van der Waals surface area contributed by atoms with Crippen LogP contribution >= 0.6 is 24.0 Å². The molecule has 1 atom stereocenters. The summed E-state index contributed by atoms with van der Waals surface area (Å²) in [5.74, 6) is 1.84. The highest BCUT2D eigenvalue weighted by atomic mass is 127. The average molecular weight is 502 g/mol. The number of hydrogen-bond acceptors (Lipinski definition) is 6. The summed E-state index contributed by atoms with van der Waals surface area (Å²) in [6, 6.07) is 8.29. The lowest BCUT2D eigenvalue weighted by molar-refractivity contribution is 0.0137. The first-order valence-electron chi connectivity index (χ1n) is 9.52. The number of fused-ring (bicyclic) bond motifs is 1. The van der Waals surface area contributed by atoms with Gasteiger partial charge in [0.2, 0.25) is 0 Å². The van der Waals surface area contributed by atoms with Crippen LogP contribution in [0.5, 0.6) is 5.75 Å². The van der Waals surface area contributed by atoms with Crippen molar-refractivity contribution in [2.75, 3.05) is 39.8 Å². The van der Waals surface area contributed by atoms with Crippen LogP contribution in [0.2, 0.25) is 0 Å². The van der Waals surface area contributed by atoms with E-state index in [0.29, 0.717) is 19.6 Å². The van der Waals surface area contributed by atoms with Gasteiger partial charge in [0.15, 0.2) is 5.96 Å². The Labute approximate surface area is 184 Å². The zero-order valence-corrected chi connectivity index (χ0v) is 19.4. The molecule has 0 aliphatic carbocycles. The van der Waals surface area contributed by atoms with E-state index in [1.807, 2.05) is 39.0 Å². The molecule has 2 heterocycles. The van der Waals surface area contributed by atoms with Crippen molar-refractivity contribution >= 4 is 36.0 Å². The van der Waals surface area contributed by atoms with Gasteiger partial charge in [-0.2, -0.15) is 0 Å². The van der Waals surface area contributed by atoms with E-state index in [0.717, 1.165) is 31.2 Å². The Kier molecular flexibility index (Phi) is 7.79. The van der Waals surface area contributed by atoms with Gasteiger partial charge in [0.25, 0.3) is 0 Å². The fourth-order valence-electron chi connectivity index (χ4n) is 3.44. The van der Waals surface area contributed by atoms with Crippen molar-refractivity contribution in [3.05, 3.63) is 29.8 Å². The number of nitrogens with one attached hydrogen (secondary N) is 1. The smallest absolute Gasteiger partial charge is 0.410 e. The molecule has 1 fully saturated rings. The first kappa shape index (κ1) is 22.6. The third-order valence-corrected chi connectivity index (χ3v) is 4.73. The number of amides is 1. The standard InChI is InChI=1S/C20H30N4O3.HI/c1-20(2,3)27-19(25)23-11-12-24-16(14-23)13-22-18(24)21-10-9-15-7-5-6-8-17(15)26-4;/h5-8,16H,9-14H2,1-4H3,(H,21,22);1H. The van der Waals surface area contributed by atoms with Crippen LogP contribution in [0.3, 0.4) is 0 Å². The topological polar surface area (TPSA) is 66.4 Å². The largest absolute Gasteiger partial charge is 0.496 e. The van der Waals surface area contributed by atoms with Gasteiger partial charge in [-0.3, -0.25) is 4.99 Å². The van der Waals surface area contributed by atoms with Gasteiger partial charge in [-0.15, -0.1) is 24.0 Å². The van der Waals surface area contributed by atoms with Crippen LogP contribution in [0.25, 0.3) is 0 Å². The minimum atomic E-state index is -0.467. The molecule has 0 radical (unpaired) electrons. The van der Waals surface area contributed by atoms with E-state index >= 15 is 0 Å². The number of para-hydroxylation sites is 1. The van der Waals surface area contributed by atoms with Crippen molar-refractivity contribution in [2.24, 2.45) is 4.99 Å². The lowest BCUT2D eigenvalue weighted by atomic mass is 10.1. The second-order valence-electron chi connectivity index (χ2n) is 7.93. The maximum Gasteiger partial charge on any atom is 0.410 e. The van der Waals surface area contributed by atoms with Crippen LogP contribution in [0.1, 0.15) is 26.3 Å². The first-order valence-corrected chi connectivity index (χ1v) is 9.52. The van der Waals surface area contributed by atoms with Crippen LogP contribution in [0.15, 0.2) is 29.3 Å². The molecule has 0 aromatic heterocycles. The number of hydrogen-bond donors (Lipinski definition) is 1. The molecular formula is C20H31IN4O3. The summed E-state index contributed by atoms with van der Waals surface area (Å²) >= 11 is 0. The van der Waals surface area contributed by atoms with Crippen LogP contribution in [0.4, 0.5) is 4.79 Å². The van der Waals surface area contributed by atoms with E-state index in [2.05, 4.69) is 21.3 Å². The molecule has 0 bridgehead atoms. The molecule has 7 nitrogen and oxygen atoms in total. The minimum Gasteiger partial charge on any atom is -0.496 e. The van der Waals surface area contributed by atoms with Gasteiger partial charge >= 0.3 is 6.09 Å². The van der Waals surface area contributed by atoms with Gasteiger partial charge in [0, 0.05) is 26.2 Å². The molecule has 1 amide bonds. The Hall–Kier alpha value is -1.71.